The molecule has 1 aromatic rings. The molecule has 0 fully saturated rings. The lowest BCUT2D eigenvalue weighted by atomic mass is 10.0. The van der Waals surface area contributed by atoms with Crippen LogP contribution in [0, 0.1) is 5.92 Å². The van der Waals surface area contributed by atoms with Crippen LogP contribution in [0.15, 0.2) is 24.3 Å². The number of amides is 2. The lowest BCUT2D eigenvalue weighted by Gasteiger charge is -2.21. The number of urea groups is 1. The Morgan fingerprint density at radius 3 is 2.50 bits per heavy atom. The second kappa shape index (κ2) is 7.75. The minimum Gasteiger partial charge on any atom is -0.394 e. The zero-order valence-corrected chi connectivity index (χ0v) is 12.7. The summed E-state index contributed by atoms with van der Waals surface area (Å²) in [4.78, 5) is 13.9. The van der Waals surface area contributed by atoms with Gasteiger partial charge < -0.3 is 20.6 Å². The molecule has 0 bridgehead atoms. The summed E-state index contributed by atoms with van der Waals surface area (Å²) >= 11 is 0. The van der Waals surface area contributed by atoms with Gasteiger partial charge in [0.25, 0.3) is 0 Å². The smallest absolute Gasteiger partial charge is 0.319 e. The molecule has 0 heterocycles. The zero-order chi connectivity index (χ0) is 15.1. The number of para-hydroxylation sites is 2. The number of carbonyl (C=O) groups excluding carboxylic acids is 1. The fourth-order valence-corrected chi connectivity index (χ4v) is 2.06. The van der Waals surface area contributed by atoms with E-state index in [0.717, 1.165) is 17.8 Å². The maximum absolute atomic E-state index is 12.0. The van der Waals surface area contributed by atoms with Crippen molar-refractivity contribution in [1.29, 1.82) is 0 Å². The largest absolute Gasteiger partial charge is 0.394 e. The summed E-state index contributed by atoms with van der Waals surface area (Å²) in [6.07, 6.45) is 0.749. The molecule has 0 aromatic heterocycles. The molecule has 1 aromatic carbocycles. The van der Waals surface area contributed by atoms with Crippen molar-refractivity contribution in [2.75, 3.05) is 30.9 Å². The van der Waals surface area contributed by atoms with Gasteiger partial charge in [0.15, 0.2) is 0 Å². The molecule has 3 N–H and O–H groups in total. The Morgan fingerprint density at radius 1 is 1.30 bits per heavy atom. The highest BCUT2D eigenvalue weighted by molar-refractivity contribution is 5.93. The van der Waals surface area contributed by atoms with Crippen molar-refractivity contribution in [3.05, 3.63) is 24.3 Å². The first-order valence-corrected chi connectivity index (χ1v) is 6.88. The van der Waals surface area contributed by atoms with E-state index in [1.165, 1.54) is 0 Å². The maximum Gasteiger partial charge on any atom is 0.319 e. The molecule has 1 atom stereocenters. The standard InChI is InChI=1S/C15H25N3O2/c1-11(2)9-12(10-19)16-15(20)17-13-7-5-6-8-14(13)18(3)4/h5-8,11-12,19H,9-10H2,1-4H3,(H2,16,17,20). The van der Waals surface area contributed by atoms with E-state index in [2.05, 4.69) is 24.5 Å². The summed E-state index contributed by atoms with van der Waals surface area (Å²) in [6.45, 7) is 4.06. The molecule has 1 unspecified atom stereocenters. The van der Waals surface area contributed by atoms with Gasteiger partial charge in [-0.15, -0.1) is 0 Å². The van der Waals surface area contributed by atoms with Crippen LogP contribution in [0.1, 0.15) is 20.3 Å². The van der Waals surface area contributed by atoms with Gasteiger partial charge in [-0.05, 0) is 24.5 Å². The molecule has 5 nitrogen and oxygen atoms in total. The van der Waals surface area contributed by atoms with Crippen molar-refractivity contribution in [2.45, 2.75) is 26.3 Å². The van der Waals surface area contributed by atoms with E-state index < -0.39 is 0 Å². The molecule has 0 aliphatic rings. The first-order chi connectivity index (χ1) is 9.43. The number of nitrogens with one attached hydrogen (secondary N) is 2. The summed E-state index contributed by atoms with van der Waals surface area (Å²) in [7, 11) is 3.85. The van der Waals surface area contributed by atoms with Crippen LogP contribution in [-0.2, 0) is 0 Å². The summed E-state index contributed by atoms with van der Waals surface area (Å²) in [5, 5.41) is 14.9. The summed E-state index contributed by atoms with van der Waals surface area (Å²) in [6, 6.07) is 7.08. The Bertz CT molecular complexity index is 433. The van der Waals surface area contributed by atoms with Gasteiger partial charge in [-0.25, -0.2) is 4.79 Å². The SMILES string of the molecule is CC(C)CC(CO)NC(=O)Nc1ccccc1N(C)C. The molecule has 0 saturated carbocycles. The maximum atomic E-state index is 12.0. The second-order valence-corrected chi connectivity index (χ2v) is 5.52. The Balaban J connectivity index is 2.66. The predicted molar refractivity (Wildman–Crippen MR) is 83.3 cm³/mol. The normalized spacial score (nSPS) is 12.1. The van der Waals surface area contributed by atoms with Gasteiger partial charge in [0.05, 0.1) is 24.0 Å². The number of anilines is 2. The first kappa shape index (κ1) is 16.3. The molecular weight excluding hydrogens is 254 g/mol. The molecule has 0 aliphatic carbocycles. The second-order valence-electron chi connectivity index (χ2n) is 5.52. The van der Waals surface area contributed by atoms with Gasteiger partial charge in [0.2, 0.25) is 0 Å². The van der Waals surface area contributed by atoms with Gasteiger partial charge in [-0.1, -0.05) is 26.0 Å². The third-order valence-electron chi connectivity index (χ3n) is 2.95. The average Bonchev–Trinajstić information content (AvgIpc) is 2.37. The van der Waals surface area contributed by atoms with Crippen LogP contribution in [0.25, 0.3) is 0 Å². The van der Waals surface area contributed by atoms with Gasteiger partial charge in [0, 0.05) is 14.1 Å². The summed E-state index contributed by atoms with van der Waals surface area (Å²) in [5.41, 5.74) is 1.68. The Labute approximate surface area is 121 Å². The highest BCUT2D eigenvalue weighted by Gasteiger charge is 2.14. The molecular formula is C15H25N3O2. The van der Waals surface area contributed by atoms with E-state index in [9.17, 15) is 9.90 Å². The molecule has 0 saturated heterocycles. The van der Waals surface area contributed by atoms with Gasteiger partial charge in [-0.3, -0.25) is 0 Å². The van der Waals surface area contributed by atoms with Gasteiger partial charge >= 0.3 is 6.03 Å². The predicted octanol–water partition coefficient (Wildman–Crippen LogP) is 2.28. The highest BCUT2D eigenvalue weighted by atomic mass is 16.3. The monoisotopic (exact) mass is 279 g/mol. The molecule has 0 radical (unpaired) electrons. The molecule has 112 valence electrons. The molecule has 2 amide bonds. The van der Waals surface area contributed by atoms with Crippen LogP contribution < -0.4 is 15.5 Å². The van der Waals surface area contributed by atoms with Gasteiger partial charge in [0.1, 0.15) is 0 Å². The van der Waals surface area contributed by atoms with E-state index in [1.54, 1.807) is 0 Å². The van der Waals surface area contributed by atoms with Crippen LogP contribution in [-0.4, -0.2) is 37.9 Å². The van der Waals surface area contributed by atoms with Crippen molar-refractivity contribution in [3.8, 4) is 0 Å². The Morgan fingerprint density at radius 2 is 1.95 bits per heavy atom. The summed E-state index contributed by atoms with van der Waals surface area (Å²) in [5.74, 6) is 0.418. The minimum absolute atomic E-state index is 0.0546. The van der Waals surface area contributed by atoms with Gasteiger partial charge in [-0.2, -0.15) is 0 Å². The lowest BCUT2D eigenvalue weighted by Crippen LogP contribution is -2.41. The molecule has 0 spiro atoms. The quantitative estimate of drug-likeness (QED) is 0.748. The number of aliphatic hydroxyl groups excluding tert-OH is 1. The Kier molecular flexibility index (Phi) is 6.31. The first-order valence-electron chi connectivity index (χ1n) is 6.88. The molecule has 0 aliphatic heterocycles. The van der Waals surface area contributed by atoms with E-state index in [1.807, 2.05) is 43.3 Å². The number of rotatable bonds is 6. The van der Waals surface area contributed by atoms with Crippen LogP contribution in [0.3, 0.4) is 0 Å². The number of nitrogens with zero attached hydrogens (tertiary/aromatic N) is 1. The van der Waals surface area contributed by atoms with Crippen molar-refractivity contribution < 1.29 is 9.90 Å². The zero-order valence-electron chi connectivity index (χ0n) is 12.7. The third kappa shape index (κ3) is 5.09. The van der Waals surface area contributed by atoms with Crippen molar-refractivity contribution >= 4 is 17.4 Å². The summed E-state index contributed by atoms with van der Waals surface area (Å²) < 4.78 is 0. The minimum atomic E-state index is -0.293. The van der Waals surface area contributed by atoms with Crippen LogP contribution in [0.4, 0.5) is 16.2 Å². The fraction of sp³-hybridized carbons (Fsp3) is 0.533. The number of aliphatic hydroxyl groups is 1. The van der Waals surface area contributed by atoms with Crippen molar-refractivity contribution in [1.82, 2.24) is 5.32 Å². The number of hydrogen-bond donors (Lipinski definition) is 3. The Hall–Kier alpha value is -1.75. The van der Waals surface area contributed by atoms with Crippen molar-refractivity contribution in [3.63, 3.8) is 0 Å². The van der Waals surface area contributed by atoms with Crippen LogP contribution in [0.2, 0.25) is 0 Å². The van der Waals surface area contributed by atoms with E-state index >= 15 is 0 Å². The highest BCUT2D eigenvalue weighted by Crippen LogP contribution is 2.23. The third-order valence-corrected chi connectivity index (χ3v) is 2.95. The van der Waals surface area contributed by atoms with Crippen LogP contribution >= 0.6 is 0 Å². The fourth-order valence-electron chi connectivity index (χ4n) is 2.06. The van der Waals surface area contributed by atoms with Crippen LogP contribution in [0.5, 0.6) is 0 Å². The van der Waals surface area contributed by atoms with E-state index in [0.29, 0.717) is 5.92 Å². The number of benzene rings is 1. The molecule has 1 rings (SSSR count). The topological polar surface area (TPSA) is 64.6 Å². The molecule has 5 heteroatoms. The molecule has 20 heavy (non-hydrogen) atoms. The van der Waals surface area contributed by atoms with Crippen molar-refractivity contribution in [2.24, 2.45) is 5.92 Å². The number of carbonyl (C=O) groups is 1. The lowest BCUT2D eigenvalue weighted by molar-refractivity contribution is 0.214. The average molecular weight is 279 g/mol. The van der Waals surface area contributed by atoms with E-state index in [-0.39, 0.29) is 18.7 Å². The number of hydrogen-bond acceptors (Lipinski definition) is 3. The van der Waals surface area contributed by atoms with E-state index in [4.69, 9.17) is 0 Å².